The molecule has 4 atom stereocenters. The van der Waals surface area contributed by atoms with E-state index in [9.17, 15) is 4.39 Å². The Balaban J connectivity index is 1.74. The van der Waals surface area contributed by atoms with Gasteiger partial charge in [-0.1, -0.05) is 31.0 Å². The van der Waals surface area contributed by atoms with Crippen molar-refractivity contribution in [1.29, 1.82) is 0 Å². The maximum absolute atomic E-state index is 14.3. The lowest BCUT2D eigenvalue weighted by molar-refractivity contribution is 0.276. The van der Waals surface area contributed by atoms with Crippen molar-refractivity contribution in [3.8, 4) is 0 Å². The Morgan fingerprint density at radius 1 is 1.33 bits per heavy atom. The van der Waals surface area contributed by atoms with Crippen LogP contribution in [0.5, 0.6) is 0 Å². The average Bonchev–Trinajstić information content (AvgIpc) is 3.06. The first kappa shape index (κ1) is 15.3. The number of nitrogens with one attached hydrogen (secondary N) is 1. The first-order valence-corrected chi connectivity index (χ1v) is 8.73. The largest absolute Gasteiger partial charge is 0.310 e. The zero-order valence-electron chi connectivity index (χ0n) is 12.7. The molecular formula is C18H25ClFN. The predicted octanol–water partition coefficient (Wildman–Crippen LogP) is 5.35. The molecule has 3 heteroatoms. The molecule has 4 unspecified atom stereocenters. The van der Waals surface area contributed by atoms with Gasteiger partial charge in [0, 0.05) is 16.6 Å². The van der Waals surface area contributed by atoms with E-state index in [2.05, 4.69) is 12.2 Å². The minimum absolute atomic E-state index is 0.131. The van der Waals surface area contributed by atoms with Gasteiger partial charge in [-0.3, -0.25) is 0 Å². The summed E-state index contributed by atoms with van der Waals surface area (Å²) in [7, 11) is 0. The molecule has 1 N–H and O–H groups in total. The summed E-state index contributed by atoms with van der Waals surface area (Å²) in [5.74, 6) is 2.44. The van der Waals surface area contributed by atoms with Gasteiger partial charge >= 0.3 is 0 Å². The third kappa shape index (κ3) is 3.43. The molecular weight excluding hydrogens is 285 g/mol. The Bertz CT molecular complexity index is 490. The highest BCUT2D eigenvalue weighted by Crippen LogP contribution is 2.51. The summed E-state index contributed by atoms with van der Waals surface area (Å²) >= 11 is 5.89. The molecule has 0 saturated heterocycles. The molecule has 116 valence electrons. The molecule has 1 nitrogen and oxygen atoms in total. The smallest absolute Gasteiger partial charge is 0.129 e. The number of hydrogen-bond acceptors (Lipinski definition) is 1. The SMILES string of the molecule is CCCNC(CC1CC2CCC1C2)c1ccc(Cl)cc1F. The molecule has 0 aromatic heterocycles. The van der Waals surface area contributed by atoms with Gasteiger partial charge in [0.05, 0.1) is 0 Å². The molecule has 2 aliphatic rings. The predicted molar refractivity (Wildman–Crippen MR) is 86.0 cm³/mol. The van der Waals surface area contributed by atoms with E-state index in [-0.39, 0.29) is 11.9 Å². The fourth-order valence-corrected chi connectivity index (χ4v) is 4.55. The summed E-state index contributed by atoms with van der Waals surface area (Å²) in [5, 5.41) is 4.03. The lowest BCUT2D eigenvalue weighted by Gasteiger charge is -2.28. The van der Waals surface area contributed by atoms with Crippen LogP contribution < -0.4 is 5.32 Å². The number of hydrogen-bond donors (Lipinski definition) is 1. The summed E-state index contributed by atoms with van der Waals surface area (Å²) in [4.78, 5) is 0. The molecule has 21 heavy (non-hydrogen) atoms. The van der Waals surface area contributed by atoms with Crippen LogP contribution in [0.25, 0.3) is 0 Å². The minimum atomic E-state index is -0.167. The van der Waals surface area contributed by atoms with E-state index in [1.807, 2.05) is 6.07 Å². The van der Waals surface area contributed by atoms with E-state index in [1.54, 1.807) is 6.07 Å². The summed E-state index contributed by atoms with van der Waals surface area (Å²) in [6.07, 6.45) is 7.71. The Labute approximate surface area is 132 Å². The Morgan fingerprint density at radius 2 is 2.19 bits per heavy atom. The molecule has 1 aromatic rings. The van der Waals surface area contributed by atoms with Crippen LogP contribution in [0.4, 0.5) is 4.39 Å². The summed E-state index contributed by atoms with van der Waals surface area (Å²) in [5.41, 5.74) is 0.788. The van der Waals surface area contributed by atoms with Gasteiger partial charge in [-0.15, -0.1) is 0 Å². The molecule has 0 aliphatic heterocycles. The van der Waals surface area contributed by atoms with Crippen molar-refractivity contribution in [2.45, 2.75) is 51.5 Å². The highest BCUT2D eigenvalue weighted by molar-refractivity contribution is 6.30. The van der Waals surface area contributed by atoms with Crippen molar-refractivity contribution in [1.82, 2.24) is 5.32 Å². The third-order valence-corrected chi connectivity index (χ3v) is 5.64. The van der Waals surface area contributed by atoms with Crippen molar-refractivity contribution in [2.75, 3.05) is 6.54 Å². The van der Waals surface area contributed by atoms with Crippen LogP contribution in [0.2, 0.25) is 5.02 Å². The quantitative estimate of drug-likeness (QED) is 0.747. The third-order valence-electron chi connectivity index (χ3n) is 5.40. The van der Waals surface area contributed by atoms with E-state index in [0.29, 0.717) is 5.02 Å². The fraction of sp³-hybridized carbons (Fsp3) is 0.667. The molecule has 2 fully saturated rings. The van der Waals surface area contributed by atoms with E-state index in [4.69, 9.17) is 11.6 Å². The standard InChI is InChI=1S/C18H25ClFN/c1-2-7-21-18(16-6-5-15(19)11-17(16)20)10-14-9-12-3-4-13(14)8-12/h5-6,11-14,18,21H,2-4,7-10H2,1H3. The van der Waals surface area contributed by atoms with E-state index < -0.39 is 0 Å². The molecule has 2 saturated carbocycles. The van der Waals surface area contributed by atoms with E-state index in [1.165, 1.54) is 31.7 Å². The van der Waals surface area contributed by atoms with Crippen LogP contribution in [-0.2, 0) is 0 Å². The van der Waals surface area contributed by atoms with Crippen molar-refractivity contribution in [2.24, 2.45) is 17.8 Å². The second kappa shape index (κ2) is 6.66. The Morgan fingerprint density at radius 3 is 2.81 bits per heavy atom. The van der Waals surface area contributed by atoms with Gasteiger partial charge in [0.25, 0.3) is 0 Å². The number of halogens is 2. The second-order valence-corrected chi connectivity index (χ2v) is 7.28. The Kier molecular flexibility index (Phi) is 4.85. The van der Waals surface area contributed by atoms with Crippen molar-refractivity contribution < 1.29 is 4.39 Å². The first-order chi connectivity index (χ1) is 10.2. The van der Waals surface area contributed by atoms with Gasteiger partial charge < -0.3 is 5.32 Å². The first-order valence-electron chi connectivity index (χ1n) is 8.35. The average molecular weight is 310 g/mol. The zero-order valence-corrected chi connectivity index (χ0v) is 13.5. The Hall–Kier alpha value is -0.600. The molecule has 0 spiro atoms. The van der Waals surface area contributed by atoms with Crippen LogP contribution in [0.3, 0.4) is 0 Å². The normalized spacial score (nSPS) is 29.0. The summed E-state index contributed by atoms with van der Waals surface area (Å²) in [6, 6.07) is 5.24. The van der Waals surface area contributed by atoms with Gasteiger partial charge in [-0.25, -0.2) is 4.39 Å². The minimum Gasteiger partial charge on any atom is -0.310 e. The van der Waals surface area contributed by atoms with Crippen LogP contribution in [-0.4, -0.2) is 6.54 Å². The fourth-order valence-electron chi connectivity index (χ4n) is 4.39. The highest BCUT2D eigenvalue weighted by Gasteiger charge is 2.40. The van der Waals surface area contributed by atoms with Crippen molar-refractivity contribution >= 4 is 11.6 Å². The van der Waals surface area contributed by atoms with Gasteiger partial charge in [-0.2, -0.15) is 0 Å². The van der Waals surface area contributed by atoms with Crippen molar-refractivity contribution in [3.63, 3.8) is 0 Å². The molecule has 0 heterocycles. The highest BCUT2D eigenvalue weighted by atomic mass is 35.5. The lowest BCUT2D eigenvalue weighted by atomic mass is 9.82. The van der Waals surface area contributed by atoms with Crippen molar-refractivity contribution in [3.05, 3.63) is 34.6 Å². The van der Waals surface area contributed by atoms with Gasteiger partial charge in [0.15, 0.2) is 0 Å². The molecule has 2 bridgehead atoms. The van der Waals surface area contributed by atoms with Gasteiger partial charge in [0.1, 0.15) is 5.82 Å². The maximum atomic E-state index is 14.3. The molecule has 2 aliphatic carbocycles. The lowest BCUT2D eigenvalue weighted by Crippen LogP contribution is -2.27. The van der Waals surface area contributed by atoms with E-state index in [0.717, 1.165) is 42.7 Å². The number of benzene rings is 1. The summed E-state index contributed by atoms with van der Waals surface area (Å²) in [6.45, 7) is 3.09. The topological polar surface area (TPSA) is 12.0 Å². The molecule has 0 amide bonds. The summed E-state index contributed by atoms with van der Waals surface area (Å²) < 4.78 is 14.3. The molecule has 3 rings (SSSR count). The van der Waals surface area contributed by atoms with Crippen LogP contribution >= 0.6 is 11.6 Å². The van der Waals surface area contributed by atoms with Gasteiger partial charge in [-0.05, 0) is 68.5 Å². The van der Waals surface area contributed by atoms with Gasteiger partial charge in [0.2, 0.25) is 0 Å². The van der Waals surface area contributed by atoms with E-state index >= 15 is 0 Å². The van der Waals surface area contributed by atoms with Crippen LogP contribution in [0.15, 0.2) is 18.2 Å². The molecule has 0 radical (unpaired) electrons. The number of fused-ring (bicyclic) bond motifs is 2. The second-order valence-electron chi connectivity index (χ2n) is 6.84. The van der Waals surface area contributed by atoms with Crippen LogP contribution in [0.1, 0.15) is 57.1 Å². The number of rotatable bonds is 6. The monoisotopic (exact) mass is 309 g/mol. The maximum Gasteiger partial charge on any atom is 0.129 e. The van der Waals surface area contributed by atoms with Crippen LogP contribution in [0, 0.1) is 23.6 Å². The zero-order chi connectivity index (χ0) is 14.8. The molecule has 1 aromatic carbocycles.